The Morgan fingerprint density at radius 1 is 1.10 bits per heavy atom. The number of oxime groups is 1. The third-order valence-corrected chi connectivity index (χ3v) is 4.38. The molecule has 0 saturated carbocycles. The normalized spacial score (nSPS) is 15.8. The van der Waals surface area contributed by atoms with E-state index in [9.17, 15) is 19.8 Å². The summed E-state index contributed by atoms with van der Waals surface area (Å²) in [6.07, 6.45) is -2.78. The summed E-state index contributed by atoms with van der Waals surface area (Å²) in [5.41, 5.74) is 0.929. The van der Waals surface area contributed by atoms with Gasteiger partial charge in [-0.3, -0.25) is 4.79 Å². The van der Waals surface area contributed by atoms with E-state index in [1.54, 1.807) is 0 Å². The van der Waals surface area contributed by atoms with Gasteiger partial charge in [0, 0.05) is 13.5 Å². The lowest BCUT2D eigenvalue weighted by atomic mass is 9.96. The van der Waals surface area contributed by atoms with Crippen molar-refractivity contribution < 1.29 is 34.1 Å². The van der Waals surface area contributed by atoms with Crippen molar-refractivity contribution in [3.63, 3.8) is 0 Å². The molecule has 1 aromatic rings. The van der Waals surface area contributed by atoms with Crippen molar-refractivity contribution in [1.29, 1.82) is 0 Å². The van der Waals surface area contributed by atoms with Gasteiger partial charge in [0.25, 0.3) is 5.91 Å². The molecule has 0 spiro atoms. The van der Waals surface area contributed by atoms with Gasteiger partial charge in [-0.1, -0.05) is 49.3 Å². The largest absolute Gasteiger partial charge is 0.467 e. The van der Waals surface area contributed by atoms with Crippen LogP contribution < -0.4 is 5.32 Å². The van der Waals surface area contributed by atoms with Crippen molar-refractivity contribution in [1.82, 2.24) is 5.32 Å². The first-order chi connectivity index (χ1) is 14.2. The van der Waals surface area contributed by atoms with Gasteiger partial charge in [0.15, 0.2) is 6.61 Å². The number of carbonyl (C=O) groups is 2. The molecule has 30 heavy (non-hydrogen) atoms. The molecular weight excluding hydrogens is 392 g/mol. The second-order valence-electron chi connectivity index (χ2n) is 7.21. The van der Waals surface area contributed by atoms with Crippen LogP contribution in [0, 0.1) is 5.92 Å². The van der Waals surface area contributed by atoms with Gasteiger partial charge < -0.3 is 29.8 Å². The lowest BCUT2D eigenvalue weighted by Crippen LogP contribution is -2.45. The molecule has 0 fully saturated rings. The number of nitrogens with one attached hydrogen (secondary N) is 1. The summed E-state index contributed by atoms with van der Waals surface area (Å²) in [5.74, 6) is -1.23. The highest BCUT2D eigenvalue weighted by molar-refractivity contribution is 5.93. The van der Waals surface area contributed by atoms with E-state index in [2.05, 4.69) is 10.5 Å². The van der Waals surface area contributed by atoms with Gasteiger partial charge in [-0.25, -0.2) is 4.79 Å². The maximum Gasteiger partial charge on any atom is 0.328 e. The van der Waals surface area contributed by atoms with E-state index in [1.165, 1.54) is 21.1 Å². The molecule has 3 N–H and O–H groups in total. The molecule has 9 heteroatoms. The van der Waals surface area contributed by atoms with Crippen molar-refractivity contribution in [2.75, 3.05) is 20.8 Å². The molecular formula is C21H32N2O7. The number of methoxy groups -OCH3 is 2. The quantitative estimate of drug-likeness (QED) is 0.256. The minimum Gasteiger partial charge on any atom is -0.467 e. The molecule has 0 aliphatic carbocycles. The van der Waals surface area contributed by atoms with Crippen molar-refractivity contribution in [2.24, 2.45) is 11.1 Å². The molecule has 1 rings (SSSR count). The van der Waals surface area contributed by atoms with E-state index in [0.717, 1.165) is 5.56 Å². The van der Waals surface area contributed by atoms with E-state index in [-0.39, 0.29) is 18.1 Å². The number of hydrogen-bond acceptors (Lipinski definition) is 8. The van der Waals surface area contributed by atoms with Crippen LogP contribution in [0.5, 0.6) is 0 Å². The Labute approximate surface area is 177 Å². The number of ether oxygens (including phenoxy) is 2. The minimum atomic E-state index is -1.32. The van der Waals surface area contributed by atoms with Crippen LogP contribution in [0.1, 0.15) is 26.3 Å². The first-order valence-corrected chi connectivity index (χ1v) is 9.71. The Morgan fingerprint density at radius 2 is 1.73 bits per heavy atom. The predicted molar refractivity (Wildman–Crippen MR) is 111 cm³/mol. The van der Waals surface area contributed by atoms with Crippen LogP contribution in [0.25, 0.3) is 0 Å². The topological polar surface area (TPSA) is 127 Å². The van der Waals surface area contributed by atoms with Crippen LogP contribution in [-0.2, 0) is 30.3 Å². The highest BCUT2D eigenvalue weighted by Gasteiger charge is 2.30. The fraction of sp³-hybridized carbons (Fsp3) is 0.571. The Hall–Kier alpha value is -2.49. The third kappa shape index (κ3) is 8.10. The summed E-state index contributed by atoms with van der Waals surface area (Å²) in [4.78, 5) is 29.4. The first-order valence-electron chi connectivity index (χ1n) is 9.71. The zero-order valence-electron chi connectivity index (χ0n) is 18.1. The monoisotopic (exact) mass is 424 g/mol. The molecule has 0 saturated heterocycles. The maximum atomic E-state index is 12.3. The van der Waals surface area contributed by atoms with Crippen LogP contribution in [0.4, 0.5) is 0 Å². The number of hydrogen-bond donors (Lipinski definition) is 3. The Kier molecular flexibility index (Phi) is 11.0. The molecule has 0 aliphatic rings. The van der Waals surface area contributed by atoms with Gasteiger partial charge >= 0.3 is 5.97 Å². The zero-order chi connectivity index (χ0) is 22.7. The molecule has 0 aromatic heterocycles. The summed E-state index contributed by atoms with van der Waals surface area (Å²) < 4.78 is 10.1. The number of amides is 1. The van der Waals surface area contributed by atoms with Crippen LogP contribution in [0.3, 0.4) is 0 Å². The Morgan fingerprint density at radius 3 is 2.23 bits per heavy atom. The molecule has 9 nitrogen and oxygen atoms in total. The highest BCUT2D eigenvalue weighted by atomic mass is 16.6. The number of nitrogens with zero attached hydrogens (tertiary/aromatic N) is 1. The van der Waals surface area contributed by atoms with E-state index in [4.69, 9.17) is 14.3 Å². The third-order valence-electron chi connectivity index (χ3n) is 4.38. The SMILES string of the molecule is COC(=O)C(Cc1ccccc1)NC(=O)CO/N=C(/[C@@H](OC)C(C)C)[C@@H](O)[C@@H](C)O. The smallest absolute Gasteiger partial charge is 0.328 e. The van der Waals surface area contributed by atoms with Crippen molar-refractivity contribution in [3.8, 4) is 0 Å². The molecule has 0 aliphatic heterocycles. The summed E-state index contributed by atoms with van der Waals surface area (Å²) in [6.45, 7) is 4.63. The predicted octanol–water partition coefficient (Wildman–Crippen LogP) is 0.672. The fourth-order valence-corrected chi connectivity index (χ4v) is 2.84. The zero-order valence-corrected chi connectivity index (χ0v) is 18.1. The fourth-order valence-electron chi connectivity index (χ4n) is 2.84. The number of aliphatic hydroxyl groups is 2. The summed E-state index contributed by atoms with van der Waals surface area (Å²) in [5, 5.41) is 26.3. The highest BCUT2D eigenvalue weighted by Crippen LogP contribution is 2.13. The molecule has 0 heterocycles. The number of benzene rings is 1. The van der Waals surface area contributed by atoms with Gasteiger partial charge in [0.05, 0.1) is 13.2 Å². The Balaban J connectivity index is 2.81. The number of carbonyl (C=O) groups excluding carboxylic acids is 2. The molecule has 168 valence electrons. The van der Waals surface area contributed by atoms with E-state index in [0.29, 0.717) is 0 Å². The van der Waals surface area contributed by atoms with Crippen molar-refractivity contribution >= 4 is 17.6 Å². The maximum absolute atomic E-state index is 12.3. The van der Waals surface area contributed by atoms with Gasteiger partial charge in [0.2, 0.25) is 0 Å². The summed E-state index contributed by atoms with van der Waals surface area (Å²) in [7, 11) is 2.69. The second-order valence-corrected chi connectivity index (χ2v) is 7.21. The van der Waals surface area contributed by atoms with Gasteiger partial charge in [-0.15, -0.1) is 0 Å². The van der Waals surface area contributed by atoms with Crippen LogP contribution in [-0.4, -0.2) is 73.0 Å². The second kappa shape index (κ2) is 12.9. The summed E-state index contributed by atoms with van der Waals surface area (Å²) >= 11 is 0. The molecule has 1 unspecified atom stereocenters. The molecule has 0 bridgehead atoms. The van der Waals surface area contributed by atoms with Crippen LogP contribution >= 0.6 is 0 Å². The Bertz CT molecular complexity index is 692. The van der Waals surface area contributed by atoms with Gasteiger partial charge in [-0.2, -0.15) is 0 Å². The molecule has 4 atom stereocenters. The van der Waals surface area contributed by atoms with Crippen molar-refractivity contribution in [2.45, 2.75) is 51.5 Å². The number of rotatable bonds is 12. The average molecular weight is 424 g/mol. The lowest BCUT2D eigenvalue weighted by Gasteiger charge is -2.25. The number of aliphatic hydroxyl groups excluding tert-OH is 2. The van der Waals surface area contributed by atoms with E-state index < -0.39 is 42.8 Å². The van der Waals surface area contributed by atoms with Crippen LogP contribution in [0.2, 0.25) is 0 Å². The van der Waals surface area contributed by atoms with Gasteiger partial charge in [0.1, 0.15) is 24.0 Å². The molecule has 0 radical (unpaired) electrons. The number of esters is 1. The minimum absolute atomic E-state index is 0.0610. The van der Waals surface area contributed by atoms with Crippen molar-refractivity contribution in [3.05, 3.63) is 35.9 Å². The van der Waals surface area contributed by atoms with Gasteiger partial charge in [-0.05, 0) is 18.4 Å². The molecule has 1 amide bonds. The van der Waals surface area contributed by atoms with E-state index >= 15 is 0 Å². The first kappa shape index (κ1) is 25.5. The standard InChI is InChI=1S/C21H32N2O7/c1-13(2)20(28-4)18(19(26)14(3)24)23-30-12-17(25)22-16(21(27)29-5)11-15-9-7-6-8-10-15/h6-10,13-14,16,19-20,24,26H,11-12H2,1-5H3,(H,22,25)/b23-18+/t14-,16?,19+,20+/m1/s1. The van der Waals surface area contributed by atoms with Crippen LogP contribution in [0.15, 0.2) is 35.5 Å². The van der Waals surface area contributed by atoms with E-state index in [1.807, 2.05) is 44.2 Å². The molecule has 1 aromatic carbocycles. The summed E-state index contributed by atoms with van der Waals surface area (Å²) in [6, 6.07) is 8.30. The lowest BCUT2D eigenvalue weighted by molar-refractivity contribution is -0.145. The average Bonchev–Trinajstić information content (AvgIpc) is 2.71.